The van der Waals surface area contributed by atoms with Crippen molar-refractivity contribution in [2.45, 2.75) is 33.6 Å². The maximum atomic E-state index is 12.2. The second-order valence-electron chi connectivity index (χ2n) is 4.44. The molecular weight excluding hydrogens is 242 g/mol. The molecule has 0 saturated carbocycles. The number of nitrogens with one attached hydrogen (secondary N) is 1. The lowest BCUT2D eigenvalue weighted by Gasteiger charge is -2.17. The van der Waals surface area contributed by atoms with E-state index in [9.17, 15) is 4.79 Å². The van der Waals surface area contributed by atoms with Gasteiger partial charge in [-0.15, -0.1) is 0 Å². The molecule has 104 valence electrons. The molecule has 0 bridgehead atoms. The first-order valence-electron chi connectivity index (χ1n) is 6.41. The van der Waals surface area contributed by atoms with Crippen molar-refractivity contribution in [2.75, 3.05) is 5.32 Å². The Bertz CT molecular complexity index is 484. The van der Waals surface area contributed by atoms with Crippen LogP contribution in [0.15, 0.2) is 23.4 Å². The lowest BCUT2D eigenvalue weighted by molar-refractivity contribution is -0.118. The summed E-state index contributed by atoms with van der Waals surface area (Å²) in [5.74, 6) is -0.928. The number of anilines is 1. The Hall–Kier alpha value is -2.04. The van der Waals surface area contributed by atoms with Crippen molar-refractivity contribution in [3.63, 3.8) is 0 Å². The minimum atomic E-state index is -0.616. The molecule has 1 aromatic carbocycles. The summed E-state index contributed by atoms with van der Waals surface area (Å²) in [7, 11) is 0. The third kappa shape index (κ3) is 3.47. The minimum absolute atomic E-state index is 0.0633. The lowest BCUT2D eigenvalue weighted by atomic mass is 10.0. The van der Waals surface area contributed by atoms with Crippen LogP contribution in [0.25, 0.3) is 0 Å². The Morgan fingerprint density at radius 3 is 2.68 bits per heavy atom. The van der Waals surface area contributed by atoms with Crippen molar-refractivity contribution in [3.8, 4) is 0 Å². The van der Waals surface area contributed by atoms with E-state index in [0.29, 0.717) is 6.42 Å². The summed E-state index contributed by atoms with van der Waals surface area (Å²) in [6.45, 7) is 5.80. The predicted molar refractivity (Wildman–Crippen MR) is 76.4 cm³/mol. The number of amidine groups is 1. The molecule has 1 unspecified atom stereocenters. The number of oxime groups is 1. The van der Waals surface area contributed by atoms with Gasteiger partial charge < -0.3 is 16.3 Å². The smallest absolute Gasteiger partial charge is 0.235 e. The molecule has 1 amide bonds. The molecule has 0 aliphatic rings. The molecule has 5 heteroatoms. The van der Waals surface area contributed by atoms with E-state index in [1.807, 2.05) is 39.0 Å². The normalized spacial score (nSPS) is 13.1. The second kappa shape index (κ2) is 6.78. The predicted octanol–water partition coefficient (Wildman–Crippen LogP) is 2.27. The van der Waals surface area contributed by atoms with E-state index < -0.39 is 5.92 Å². The van der Waals surface area contributed by atoms with Crippen LogP contribution in [-0.4, -0.2) is 17.0 Å². The van der Waals surface area contributed by atoms with Crippen LogP contribution in [-0.2, 0) is 11.2 Å². The highest BCUT2D eigenvalue weighted by Crippen LogP contribution is 2.22. The molecule has 1 aromatic rings. The average molecular weight is 263 g/mol. The van der Waals surface area contributed by atoms with Gasteiger partial charge in [0.05, 0.1) is 5.92 Å². The van der Waals surface area contributed by atoms with E-state index in [1.165, 1.54) is 0 Å². The molecule has 0 saturated heterocycles. The Morgan fingerprint density at radius 2 is 2.16 bits per heavy atom. The summed E-state index contributed by atoms with van der Waals surface area (Å²) >= 11 is 0. The fourth-order valence-corrected chi connectivity index (χ4v) is 2.01. The number of rotatable bonds is 5. The molecule has 0 aromatic heterocycles. The number of carbonyl (C=O) groups excluding carboxylic acids is 1. The quantitative estimate of drug-likeness (QED) is 0.329. The highest BCUT2D eigenvalue weighted by molar-refractivity contribution is 6.08. The lowest BCUT2D eigenvalue weighted by Crippen LogP contribution is -2.34. The molecule has 0 spiro atoms. The van der Waals surface area contributed by atoms with Gasteiger partial charge in [0.25, 0.3) is 0 Å². The molecule has 1 rings (SSSR count). The van der Waals surface area contributed by atoms with Gasteiger partial charge in [-0.1, -0.05) is 37.2 Å². The van der Waals surface area contributed by atoms with E-state index in [4.69, 9.17) is 10.9 Å². The van der Waals surface area contributed by atoms with Gasteiger partial charge in [0, 0.05) is 5.69 Å². The SMILES string of the molecule is CCc1cccc(C)c1NC(=O)C(CC)C(N)=NO. The Morgan fingerprint density at radius 1 is 1.47 bits per heavy atom. The summed E-state index contributed by atoms with van der Waals surface area (Å²) in [6, 6.07) is 5.89. The first kappa shape index (κ1) is 15.0. The molecule has 4 N–H and O–H groups in total. The van der Waals surface area contributed by atoms with Crippen LogP contribution in [0.3, 0.4) is 0 Å². The summed E-state index contributed by atoms with van der Waals surface area (Å²) in [5.41, 5.74) is 8.42. The van der Waals surface area contributed by atoms with Crippen molar-refractivity contribution in [3.05, 3.63) is 29.3 Å². The largest absolute Gasteiger partial charge is 0.409 e. The van der Waals surface area contributed by atoms with Crippen LogP contribution < -0.4 is 11.1 Å². The molecule has 0 aliphatic carbocycles. The summed E-state index contributed by atoms with van der Waals surface area (Å²) in [6.07, 6.45) is 1.31. The Balaban J connectivity index is 2.99. The third-order valence-electron chi connectivity index (χ3n) is 3.19. The van der Waals surface area contributed by atoms with Gasteiger partial charge in [-0.2, -0.15) is 0 Å². The maximum Gasteiger partial charge on any atom is 0.235 e. The topological polar surface area (TPSA) is 87.7 Å². The van der Waals surface area contributed by atoms with E-state index in [0.717, 1.165) is 23.2 Å². The first-order valence-corrected chi connectivity index (χ1v) is 6.41. The molecule has 5 nitrogen and oxygen atoms in total. The number of aryl methyl sites for hydroxylation is 2. The van der Waals surface area contributed by atoms with Crippen LogP contribution in [0.5, 0.6) is 0 Å². The van der Waals surface area contributed by atoms with Gasteiger partial charge in [0.1, 0.15) is 0 Å². The highest BCUT2D eigenvalue weighted by Gasteiger charge is 2.22. The number of amides is 1. The summed E-state index contributed by atoms with van der Waals surface area (Å²) < 4.78 is 0. The molecule has 0 heterocycles. The van der Waals surface area contributed by atoms with E-state index in [1.54, 1.807) is 0 Å². The summed E-state index contributed by atoms with van der Waals surface area (Å²) in [4.78, 5) is 12.2. The monoisotopic (exact) mass is 263 g/mol. The van der Waals surface area contributed by atoms with Gasteiger partial charge >= 0.3 is 0 Å². The van der Waals surface area contributed by atoms with Crippen LogP contribution in [0.1, 0.15) is 31.4 Å². The highest BCUT2D eigenvalue weighted by atomic mass is 16.4. The number of nitrogens with zero attached hydrogens (tertiary/aromatic N) is 1. The average Bonchev–Trinajstić information content (AvgIpc) is 2.41. The number of benzene rings is 1. The molecule has 19 heavy (non-hydrogen) atoms. The van der Waals surface area contributed by atoms with Crippen LogP contribution >= 0.6 is 0 Å². The maximum absolute atomic E-state index is 12.2. The van der Waals surface area contributed by atoms with Gasteiger partial charge in [-0.05, 0) is 30.9 Å². The van der Waals surface area contributed by atoms with Crippen molar-refractivity contribution in [2.24, 2.45) is 16.8 Å². The van der Waals surface area contributed by atoms with Crippen molar-refractivity contribution in [1.82, 2.24) is 0 Å². The Kier molecular flexibility index (Phi) is 5.36. The standard InChI is InChI=1S/C14H21N3O2/c1-4-10-8-6-7-9(3)12(10)16-14(18)11(5-2)13(15)17-19/h6-8,11,19H,4-5H2,1-3H3,(H2,15,17)(H,16,18). The summed E-state index contributed by atoms with van der Waals surface area (Å²) in [5, 5.41) is 14.5. The molecule has 1 atom stereocenters. The number of para-hydroxylation sites is 1. The number of hydrogen-bond acceptors (Lipinski definition) is 3. The van der Waals surface area contributed by atoms with Crippen LogP contribution in [0.2, 0.25) is 0 Å². The van der Waals surface area contributed by atoms with E-state index >= 15 is 0 Å². The molecule has 0 fully saturated rings. The zero-order valence-corrected chi connectivity index (χ0v) is 11.6. The zero-order valence-electron chi connectivity index (χ0n) is 11.6. The van der Waals surface area contributed by atoms with E-state index in [2.05, 4.69) is 10.5 Å². The zero-order chi connectivity index (χ0) is 14.4. The van der Waals surface area contributed by atoms with Gasteiger partial charge in [0.15, 0.2) is 5.84 Å². The van der Waals surface area contributed by atoms with Crippen LogP contribution in [0, 0.1) is 12.8 Å². The third-order valence-corrected chi connectivity index (χ3v) is 3.19. The minimum Gasteiger partial charge on any atom is -0.409 e. The van der Waals surface area contributed by atoms with E-state index in [-0.39, 0.29) is 11.7 Å². The number of carbonyl (C=O) groups is 1. The fourth-order valence-electron chi connectivity index (χ4n) is 2.01. The van der Waals surface area contributed by atoms with Crippen molar-refractivity contribution >= 4 is 17.4 Å². The first-order chi connectivity index (χ1) is 9.04. The molecule has 0 radical (unpaired) electrons. The second-order valence-corrected chi connectivity index (χ2v) is 4.44. The number of nitrogens with two attached hydrogens (primary N) is 1. The number of hydrogen-bond donors (Lipinski definition) is 3. The molecular formula is C14H21N3O2. The fraction of sp³-hybridized carbons (Fsp3) is 0.429. The van der Waals surface area contributed by atoms with Gasteiger partial charge in [-0.3, -0.25) is 4.79 Å². The van der Waals surface area contributed by atoms with Crippen molar-refractivity contribution in [1.29, 1.82) is 0 Å². The Labute approximate surface area is 113 Å². The molecule has 0 aliphatic heterocycles. The van der Waals surface area contributed by atoms with Gasteiger partial charge in [-0.25, -0.2) is 0 Å². The van der Waals surface area contributed by atoms with Crippen LogP contribution in [0.4, 0.5) is 5.69 Å². The van der Waals surface area contributed by atoms with Crippen molar-refractivity contribution < 1.29 is 10.0 Å². The van der Waals surface area contributed by atoms with Gasteiger partial charge in [0.2, 0.25) is 5.91 Å².